The van der Waals surface area contributed by atoms with Gasteiger partial charge in [-0.2, -0.15) is 0 Å². The van der Waals surface area contributed by atoms with Crippen molar-refractivity contribution >= 4 is 15.9 Å². The number of piperidine rings is 1. The van der Waals surface area contributed by atoms with E-state index in [0.717, 1.165) is 23.5 Å². The molecule has 0 aromatic rings. The van der Waals surface area contributed by atoms with Crippen LogP contribution >= 0.6 is 15.9 Å². The summed E-state index contributed by atoms with van der Waals surface area (Å²) in [5, 5.41) is 0. The smallest absolute Gasteiger partial charge is 0.0615 e. The number of ether oxygens (including phenoxy) is 1. The number of halogens is 1. The zero-order valence-corrected chi connectivity index (χ0v) is 10.7. The normalized spacial score (nSPS) is 40.1. The summed E-state index contributed by atoms with van der Waals surface area (Å²) in [5.41, 5.74) is 0. The zero-order chi connectivity index (χ0) is 10.1. The summed E-state index contributed by atoms with van der Waals surface area (Å²) in [6.07, 6.45) is 5.43. The SMILES string of the molecule is COCC(C)N1C2CCC1CC(Br)C2. The minimum atomic E-state index is 0.595. The van der Waals surface area contributed by atoms with Gasteiger partial charge in [-0.25, -0.2) is 0 Å². The van der Waals surface area contributed by atoms with Crippen molar-refractivity contribution in [2.45, 2.75) is 55.6 Å². The van der Waals surface area contributed by atoms with Crippen LogP contribution in [0, 0.1) is 0 Å². The van der Waals surface area contributed by atoms with Crippen LogP contribution in [0.2, 0.25) is 0 Å². The van der Waals surface area contributed by atoms with Gasteiger partial charge in [-0.05, 0) is 32.6 Å². The topological polar surface area (TPSA) is 12.5 Å². The summed E-state index contributed by atoms with van der Waals surface area (Å²) in [6.45, 7) is 3.17. The lowest BCUT2D eigenvalue weighted by Crippen LogP contribution is -2.49. The van der Waals surface area contributed by atoms with Gasteiger partial charge in [0.15, 0.2) is 0 Å². The summed E-state index contributed by atoms with van der Waals surface area (Å²) in [4.78, 5) is 3.45. The Morgan fingerprint density at radius 3 is 2.43 bits per heavy atom. The lowest BCUT2D eigenvalue weighted by atomic mass is 10.0. The molecular weight excluding hydrogens is 242 g/mol. The van der Waals surface area contributed by atoms with Crippen LogP contribution < -0.4 is 0 Å². The molecule has 0 radical (unpaired) electrons. The highest BCUT2D eigenvalue weighted by molar-refractivity contribution is 9.09. The molecule has 0 saturated carbocycles. The van der Waals surface area contributed by atoms with Crippen LogP contribution in [0.25, 0.3) is 0 Å². The van der Waals surface area contributed by atoms with Gasteiger partial charge in [-0.1, -0.05) is 15.9 Å². The third kappa shape index (κ3) is 2.00. The van der Waals surface area contributed by atoms with Gasteiger partial charge >= 0.3 is 0 Å². The Hall–Kier alpha value is 0.400. The van der Waals surface area contributed by atoms with E-state index in [1.165, 1.54) is 25.7 Å². The Morgan fingerprint density at radius 1 is 1.36 bits per heavy atom. The van der Waals surface area contributed by atoms with Gasteiger partial charge in [-0.15, -0.1) is 0 Å². The summed E-state index contributed by atoms with van der Waals surface area (Å²) < 4.78 is 5.25. The molecule has 2 aliphatic heterocycles. The number of fused-ring (bicyclic) bond motifs is 2. The van der Waals surface area contributed by atoms with E-state index in [4.69, 9.17) is 4.74 Å². The number of methoxy groups -OCH3 is 1. The molecule has 2 saturated heterocycles. The van der Waals surface area contributed by atoms with E-state index >= 15 is 0 Å². The molecule has 0 aliphatic carbocycles. The van der Waals surface area contributed by atoms with Crippen molar-refractivity contribution in [3.05, 3.63) is 0 Å². The number of alkyl halides is 1. The molecule has 2 fully saturated rings. The maximum absolute atomic E-state index is 5.25. The lowest BCUT2D eigenvalue weighted by molar-refractivity contribution is 0.0456. The summed E-state index contributed by atoms with van der Waals surface area (Å²) in [5.74, 6) is 0. The molecule has 3 heteroatoms. The fraction of sp³-hybridized carbons (Fsp3) is 1.00. The van der Waals surface area contributed by atoms with Crippen LogP contribution in [0.3, 0.4) is 0 Å². The van der Waals surface area contributed by atoms with Crippen molar-refractivity contribution in [3.8, 4) is 0 Å². The maximum Gasteiger partial charge on any atom is 0.0615 e. The van der Waals surface area contributed by atoms with Gasteiger partial charge in [0, 0.05) is 30.1 Å². The molecule has 0 aromatic heterocycles. The summed E-state index contributed by atoms with van der Waals surface area (Å²) in [7, 11) is 1.80. The quantitative estimate of drug-likeness (QED) is 0.724. The highest BCUT2D eigenvalue weighted by atomic mass is 79.9. The Labute approximate surface area is 95.1 Å². The van der Waals surface area contributed by atoms with E-state index in [9.17, 15) is 0 Å². The molecule has 3 atom stereocenters. The fourth-order valence-electron chi connectivity index (χ4n) is 3.19. The van der Waals surface area contributed by atoms with Crippen molar-refractivity contribution < 1.29 is 4.74 Å². The molecular formula is C11H20BrNO. The molecule has 0 spiro atoms. The number of hydrogen-bond acceptors (Lipinski definition) is 2. The molecule has 2 rings (SSSR count). The molecule has 14 heavy (non-hydrogen) atoms. The molecule has 2 bridgehead atoms. The van der Waals surface area contributed by atoms with Crippen LogP contribution in [0.4, 0.5) is 0 Å². The fourth-order valence-corrected chi connectivity index (χ4v) is 4.06. The van der Waals surface area contributed by atoms with Gasteiger partial charge in [-0.3, -0.25) is 4.90 Å². The Kier molecular flexibility index (Phi) is 3.50. The Morgan fingerprint density at radius 2 is 1.93 bits per heavy atom. The van der Waals surface area contributed by atoms with Crippen LogP contribution in [-0.2, 0) is 4.74 Å². The van der Waals surface area contributed by atoms with Gasteiger partial charge in [0.25, 0.3) is 0 Å². The Balaban J connectivity index is 1.99. The van der Waals surface area contributed by atoms with Gasteiger partial charge in [0.2, 0.25) is 0 Å². The van der Waals surface area contributed by atoms with Crippen molar-refractivity contribution in [2.24, 2.45) is 0 Å². The second-order valence-corrected chi connectivity index (χ2v) is 6.00. The van der Waals surface area contributed by atoms with Crippen LogP contribution in [-0.4, -0.2) is 41.6 Å². The molecule has 3 unspecified atom stereocenters. The highest BCUT2D eigenvalue weighted by Crippen LogP contribution is 2.39. The first kappa shape index (κ1) is 10.9. The van der Waals surface area contributed by atoms with Gasteiger partial charge < -0.3 is 4.74 Å². The van der Waals surface area contributed by atoms with E-state index in [1.807, 2.05) is 0 Å². The summed E-state index contributed by atoms with van der Waals surface area (Å²) >= 11 is 3.77. The molecule has 0 amide bonds. The van der Waals surface area contributed by atoms with Gasteiger partial charge in [0.1, 0.15) is 0 Å². The first-order chi connectivity index (χ1) is 6.72. The van der Waals surface area contributed by atoms with Crippen molar-refractivity contribution in [2.75, 3.05) is 13.7 Å². The van der Waals surface area contributed by atoms with Crippen LogP contribution in [0.1, 0.15) is 32.6 Å². The predicted molar refractivity (Wildman–Crippen MR) is 61.9 cm³/mol. The van der Waals surface area contributed by atoms with Crippen molar-refractivity contribution in [1.82, 2.24) is 4.90 Å². The maximum atomic E-state index is 5.25. The highest BCUT2D eigenvalue weighted by Gasteiger charge is 2.41. The predicted octanol–water partition coefficient (Wildman–Crippen LogP) is 2.41. The van der Waals surface area contributed by atoms with E-state index in [2.05, 4.69) is 27.8 Å². The molecule has 82 valence electrons. The molecule has 2 heterocycles. The third-order valence-electron chi connectivity index (χ3n) is 3.65. The van der Waals surface area contributed by atoms with E-state index in [0.29, 0.717) is 6.04 Å². The van der Waals surface area contributed by atoms with E-state index in [-0.39, 0.29) is 0 Å². The van der Waals surface area contributed by atoms with Crippen molar-refractivity contribution in [1.29, 1.82) is 0 Å². The minimum Gasteiger partial charge on any atom is -0.383 e. The Bertz CT molecular complexity index is 186. The monoisotopic (exact) mass is 261 g/mol. The minimum absolute atomic E-state index is 0.595. The van der Waals surface area contributed by atoms with E-state index < -0.39 is 0 Å². The van der Waals surface area contributed by atoms with Crippen molar-refractivity contribution in [3.63, 3.8) is 0 Å². The third-order valence-corrected chi connectivity index (χ3v) is 4.40. The largest absolute Gasteiger partial charge is 0.383 e. The van der Waals surface area contributed by atoms with Gasteiger partial charge in [0.05, 0.1) is 6.61 Å². The molecule has 0 N–H and O–H groups in total. The standard InChI is InChI=1S/C11H20BrNO/c1-8(7-14-2)13-10-3-4-11(13)6-9(12)5-10/h8-11H,3-7H2,1-2H3. The zero-order valence-electron chi connectivity index (χ0n) is 9.08. The molecule has 0 aromatic carbocycles. The summed E-state index contributed by atoms with van der Waals surface area (Å²) in [6, 6.07) is 2.21. The second-order valence-electron chi connectivity index (χ2n) is 4.71. The first-order valence-electron chi connectivity index (χ1n) is 5.62. The molecule has 2 aliphatic rings. The second kappa shape index (κ2) is 4.50. The number of nitrogens with zero attached hydrogens (tertiary/aromatic N) is 1. The average Bonchev–Trinajstić information content (AvgIpc) is 2.39. The van der Waals surface area contributed by atoms with Crippen LogP contribution in [0.5, 0.6) is 0 Å². The lowest BCUT2D eigenvalue weighted by Gasteiger charge is -2.40. The van der Waals surface area contributed by atoms with E-state index in [1.54, 1.807) is 7.11 Å². The molecule has 2 nitrogen and oxygen atoms in total. The number of rotatable bonds is 3. The average molecular weight is 262 g/mol. The van der Waals surface area contributed by atoms with Crippen LogP contribution in [0.15, 0.2) is 0 Å². The number of hydrogen-bond donors (Lipinski definition) is 0. The first-order valence-corrected chi connectivity index (χ1v) is 6.54.